The van der Waals surface area contributed by atoms with E-state index in [-0.39, 0.29) is 0 Å². The third kappa shape index (κ3) is 4.06. The number of benzene rings is 1. The molecule has 100 valence electrons. The van der Waals surface area contributed by atoms with Crippen LogP contribution in [-0.4, -0.2) is 24.9 Å². The Bertz CT molecular complexity index is 406. The molecule has 0 aliphatic rings. The van der Waals surface area contributed by atoms with E-state index >= 15 is 0 Å². The largest absolute Gasteiger partial charge is 0.497 e. The lowest BCUT2D eigenvalue weighted by Crippen LogP contribution is -2.38. The Morgan fingerprint density at radius 1 is 1.28 bits per heavy atom. The summed E-state index contributed by atoms with van der Waals surface area (Å²) in [4.78, 5) is -0.629. The molecular formula is C11H12F3NO2S. The summed E-state index contributed by atoms with van der Waals surface area (Å²) in [5.74, 6) is -1.07. The molecule has 1 atom stereocenters. The average Bonchev–Trinajstić information content (AvgIpc) is 2.28. The molecule has 0 saturated heterocycles. The van der Waals surface area contributed by atoms with Crippen molar-refractivity contribution in [1.82, 2.24) is 0 Å². The van der Waals surface area contributed by atoms with Crippen LogP contribution in [0.5, 0.6) is 11.5 Å². The normalized spacial score (nSPS) is 12.9. The SMILES string of the molecule is COc1ccc(OCC(C(N)=S)C(F)(F)F)cc1. The lowest BCUT2D eigenvalue weighted by molar-refractivity contribution is -0.161. The van der Waals surface area contributed by atoms with Crippen molar-refractivity contribution >= 4 is 17.2 Å². The highest BCUT2D eigenvalue weighted by Gasteiger charge is 2.42. The van der Waals surface area contributed by atoms with Crippen LogP contribution in [0.3, 0.4) is 0 Å². The second-order valence-corrected chi connectivity index (χ2v) is 3.95. The van der Waals surface area contributed by atoms with Gasteiger partial charge in [0.05, 0.1) is 12.1 Å². The molecule has 1 unspecified atom stereocenters. The van der Waals surface area contributed by atoms with Gasteiger partial charge in [-0.25, -0.2) is 0 Å². The minimum Gasteiger partial charge on any atom is -0.497 e. The van der Waals surface area contributed by atoms with Crippen LogP contribution in [0.25, 0.3) is 0 Å². The summed E-state index contributed by atoms with van der Waals surface area (Å²) in [6, 6.07) is 6.18. The molecule has 7 heteroatoms. The molecule has 0 heterocycles. The number of methoxy groups -OCH3 is 1. The standard InChI is InChI=1S/C11H12F3NO2S/c1-16-7-2-4-8(5-3-7)17-6-9(10(15)18)11(12,13)14/h2-5,9H,6H2,1H3,(H2,15,18). The van der Waals surface area contributed by atoms with Crippen molar-refractivity contribution < 1.29 is 22.6 Å². The van der Waals surface area contributed by atoms with Crippen LogP contribution in [0.15, 0.2) is 24.3 Å². The van der Waals surface area contributed by atoms with Gasteiger partial charge in [-0.05, 0) is 24.3 Å². The number of ether oxygens (including phenoxy) is 2. The maximum absolute atomic E-state index is 12.5. The first-order valence-corrected chi connectivity index (χ1v) is 5.38. The van der Waals surface area contributed by atoms with Crippen molar-refractivity contribution in [1.29, 1.82) is 0 Å². The zero-order chi connectivity index (χ0) is 13.8. The number of hydrogen-bond acceptors (Lipinski definition) is 3. The summed E-state index contributed by atoms with van der Waals surface area (Å²) in [6.07, 6.45) is -4.50. The van der Waals surface area contributed by atoms with Gasteiger partial charge in [-0.15, -0.1) is 0 Å². The number of hydrogen-bond donors (Lipinski definition) is 1. The fraction of sp³-hybridized carbons (Fsp3) is 0.364. The van der Waals surface area contributed by atoms with E-state index in [0.29, 0.717) is 11.5 Å². The van der Waals surface area contributed by atoms with Crippen LogP contribution in [0.4, 0.5) is 13.2 Å². The second-order valence-electron chi connectivity index (χ2n) is 3.48. The predicted molar refractivity (Wildman–Crippen MR) is 64.8 cm³/mol. The van der Waals surface area contributed by atoms with Gasteiger partial charge in [0.25, 0.3) is 0 Å². The van der Waals surface area contributed by atoms with Crippen LogP contribution >= 0.6 is 12.2 Å². The number of alkyl halides is 3. The van der Waals surface area contributed by atoms with Crippen LogP contribution in [-0.2, 0) is 0 Å². The summed E-state index contributed by atoms with van der Waals surface area (Å²) in [7, 11) is 1.49. The number of rotatable bonds is 5. The van der Waals surface area contributed by atoms with E-state index in [9.17, 15) is 13.2 Å². The molecule has 0 aromatic heterocycles. The van der Waals surface area contributed by atoms with Gasteiger partial charge in [0.1, 0.15) is 24.0 Å². The van der Waals surface area contributed by atoms with Gasteiger partial charge in [0.15, 0.2) is 0 Å². The molecule has 0 fully saturated rings. The minimum atomic E-state index is -4.50. The molecule has 1 aromatic rings. The average molecular weight is 279 g/mol. The quantitative estimate of drug-likeness (QED) is 0.841. The Labute approximate surface area is 108 Å². The molecular weight excluding hydrogens is 267 g/mol. The molecule has 0 amide bonds. The first-order chi connectivity index (χ1) is 8.34. The number of halogens is 3. The van der Waals surface area contributed by atoms with Gasteiger partial charge < -0.3 is 15.2 Å². The Balaban J connectivity index is 2.64. The lowest BCUT2D eigenvalue weighted by Gasteiger charge is -2.19. The summed E-state index contributed by atoms with van der Waals surface area (Å²) in [5, 5.41) is 0. The zero-order valence-electron chi connectivity index (χ0n) is 9.53. The van der Waals surface area contributed by atoms with Crippen molar-refractivity contribution in [3.63, 3.8) is 0 Å². The van der Waals surface area contributed by atoms with Gasteiger partial charge >= 0.3 is 6.18 Å². The summed E-state index contributed by atoms with van der Waals surface area (Å²) in [6.45, 7) is -0.634. The van der Waals surface area contributed by atoms with Crippen molar-refractivity contribution in [2.24, 2.45) is 11.7 Å². The first kappa shape index (κ1) is 14.6. The molecule has 0 radical (unpaired) electrons. The van der Waals surface area contributed by atoms with Crippen molar-refractivity contribution in [3.8, 4) is 11.5 Å². The molecule has 3 nitrogen and oxygen atoms in total. The van der Waals surface area contributed by atoms with E-state index in [4.69, 9.17) is 15.2 Å². The van der Waals surface area contributed by atoms with Crippen molar-refractivity contribution in [2.75, 3.05) is 13.7 Å². The van der Waals surface area contributed by atoms with Crippen LogP contribution in [0.2, 0.25) is 0 Å². The molecule has 18 heavy (non-hydrogen) atoms. The molecule has 0 aliphatic carbocycles. The Hall–Kier alpha value is -1.50. The summed E-state index contributed by atoms with van der Waals surface area (Å²) < 4.78 is 47.5. The highest BCUT2D eigenvalue weighted by atomic mass is 32.1. The highest BCUT2D eigenvalue weighted by molar-refractivity contribution is 7.80. The van der Waals surface area contributed by atoms with E-state index in [1.165, 1.54) is 19.2 Å². The monoisotopic (exact) mass is 279 g/mol. The van der Waals surface area contributed by atoms with Crippen LogP contribution in [0.1, 0.15) is 0 Å². The molecule has 1 rings (SSSR count). The van der Waals surface area contributed by atoms with Gasteiger partial charge in [-0.2, -0.15) is 13.2 Å². The second kappa shape index (κ2) is 5.90. The maximum atomic E-state index is 12.5. The smallest absolute Gasteiger partial charge is 0.401 e. The van der Waals surface area contributed by atoms with Crippen LogP contribution in [0, 0.1) is 5.92 Å². The Morgan fingerprint density at radius 2 is 1.78 bits per heavy atom. The minimum absolute atomic E-state index is 0.293. The Morgan fingerprint density at radius 3 is 2.17 bits per heavy atom. The Kier molecular flexibility index (Phi) is 4.77. The number of nitrogens with two attached hydrogens (primary N) is 1. The van der Waals surface area contributed by atoms with Gasteiger partial charge in [-0.1, -0.05) is 12.2 Å². The van der Waals surface area contributed by atoms with Crippen LogP contribution < -0.4 is 15.2 Å². The first-order valence-electron chi connectivity index (χ1n) is 4.97. The third-order valence-corrected chi connectivity index (χ3v) is 2.50. The van der Waals surface area contributed by atoms with Crippen molar-refractivity contribution in [3.05, 3.63) is 24.3 Å². The van der Waals surface area contributed by atoms with Crippen molar-refractivity contribution in [2.45, 2.75) is 6.18 Å². The number of thiocarbonyl (C=S) groups is 1. The van der Waals surface area contributed by atoms with Gasteiger partial charge in [-0.3, -0.25) is 0 Å². The third-order valence-electron chi connectivity index (χ3n) is 2.21. The molecule has 2 N–H and O–H groups in total. The highest BCUT2D eigenvalue weighted by Crippen LogP contribution is 2.27. The maximum Gasteiger partial charge on any atom is 0.401 e. The van der Waals surface area contributed by atoms with E-state index in [1.807, 2.05) is 0 Å². The zero-order valence-corrected chi connectivity index (χ0v) is 10.3. The van der Waals surface area contributed by atoms with E-state index in [0.717, 1.165) is 0 Å². The predicted octanol–water partition coefficient (Wildman–Crippen LogP) is 2.54. The van der Waals surface area contributed by atoms with E-state index < -0.39 is 23.7 Å². The fourth-order valence-electron chi connectivity index (χ4n) is 1.19. The van der Waals surface area contributed by atoms with E-state index in [2.05, 4.69) is 12.2 Å². The topological polar surface area (TPSA) is 44.5 Å². The molecule has 0 saturated carbocycles. The molecule has 0 aliphatic heterocycles. The van der Waals surface area contributed by atoms with Gasteiger partial charge in [0, 0.05) is 0 Å². The molecule has 0 spiro atoms. The fourth-order valence-corrected chi connectivity index (χ4v) is 1.39. The summed E-state index contributed by atoms with van der Waals surface area (Å²) in [5.41, 5.74) is 5.04. The summed E-state index contributed by atoms with van der Waals surface area (Å²) >= 11 is 4.38. The molecule has 0 bridgehead atoms. The van der Waals surface area contributed by atoms with E-state index in [1.54, 1.807) is 12.1 Å². The molecule has 1 aromatic carbocycles. The van der Waals surface area contributed by atoms with Gasteiger partial charge in [0.2, 0.25) is 0 Å². The lowest BCUT2D eigenvalue weighted by atomic mass is 10.1.